The van der Waals surface area contributed by atoms with Crippen molar-refractivity contribution in [2.75, 3.05) is 6.61 Å². The van der Waals surface area contributed by atoms with E-state index in [2.05, 4.69) is 17.0 Å². The number of allylic oxidation sites excluding steroid dienone is 1. The Morgan fingerprint density at radius 2 is 2.21 bits per heavy atom. The third-order valence-electron chi connectivity index (χ3n) is 3.87. The number of rotatable bonds is 4. The summed E-state index contributed by atoms with van der Waals surface area (Å²) in [6.07, 6.45) is -7.79. The molecule has 1 fully saturated rings. The third-order valence-corrected chi connectivity index (χ3v) is 3.87. The number of aliphatic hydroxyl groups is 3. The van der Waals surface area contributed by atoms with E-state index in [0.717, 1.165) is 18.3 Å². The molecule has 0 aromatic heterocycles. The fraction of sp³-hybridized carbons (Fsp3) is 0.538. The molecule has 0 aromatic rings. The van der Waals surface area contributed by atoms with Crippen LogP contribution in [0.1, 0.15) is 6.92 Å². The normalized spacial score (nSPS) is 35.4. The highest BCUT2D eigenvalue weighted by Gasteiger charge is 2.60. The summed E-state index contributed by atoms with van der Waals surface area (Å²) in [5.74, 6) is -1.29. The van der Waals surface area contributed by atoms with Crippen LogP contribution in [0, 0.1) is 5.41 Å². The number of halogens is 3. The third kappa shape index (κ3) is 2.69. The second kappa shape index (κ2) is 6.51. The smallest absolute Gasteiger partial charge is 0.272 e. The number of hydrazine groups is 1. The van der Waals surface area contributed by atoms with Gasteiger partial charge in [0.25, 0.3) is 6.43 Å². The van der Waals surface area contributed by atoms with Crippen LogP contribution in [0.3, 0.4) is 0 Å². The van der Waals surface area contributed by atoms with Crippen molar-refractivity contribution in [3.8, 4) is 0 Å². The zero-order chi connectivity index (χ0) is 18.2. The predicted octanol–water partition coefficient (Wildman–Crippen LogP) is -0.356. The largest absolute Gasteiger partial charge is 0.393 e. The van der Waals surface area contributed by atoms with Crippen LogP contribution in [0.25, 0.3) is 0 Å². The van der Waals surface area contributed by atoms with E-state index in [9.17, 15) is 28.5 Å². The lowest BCUT2D eigenvalue weighted by Crippen LogP contribution is -2.52. The lowest BCUT2D eigenvalue weighted by molar-refractivity contribution is -0.182. The molecule has 5 N–H and O–H groups in total. The van der Waals surface area contributed by atoms with E-state index in [1.54, 1.807) is 0 Å². The first-order valence-electron chi connectivity index (χ1n) is 6.83. The van der Waals surface area contributed by atoms with Gasteiger partial charge in [0.15, 0.2) is 11.4 Å². The van der Waals surface area contributed by atoms with Gasteiger partial charge in [-0.15, -0.1) is 0 Å². The van der Waals surface area contributed by atoms with Crippen LogP contribution in [-0.2, 0) is 4.74 Å². The Bertz CT molecular complexity index is 608. The Morgan fingerprint density at radius 3 is 2.67 bits per heavy atom. The van der Waals surface area contributed by atoms with Crippen molar-refractivity contribution < 1.29 is 33.2 Å². The second-order valence-corrected chi connectivity index (χ2v) is 5.33. The number of alkyl halides is 2. The zero-order valence-electron chi connectivity index (χ0n) is 12.6. The van der Waals surface area contributed by atoms with Gasteiger partial charge in [-0.05, 0) is 6.92 Å². The summed E-state index contributed by atoms with van der Waals surface area (Å²) in [6.45, 7) is 3.35. The van der Waals surface area contributed by atoms with Crippen molar-refractivity contribution >= 4 is 12.2 Å². The SMILES string of the molecule is C=C([C@@H]1O[C@@](CO)(C(F)F)[C@@H](O)[C@H]1O)N1NC=NC(=N)/C1=C(/C)F. The van der Waals surface area contributed by atoms with Gasteiger partial charge in [-0.2, -0.15) is 0 Å². The summed E-state index contributed by atoms with van der Waals surface area (Å²) in [6, 6.07) is 0. The van der Waals surface area contributed by atoms with Gasteiger partial charge in [0.05, 0.1) is 12.3 Å². The van der Waals surface area contributed by atoms with E-state index in [1.165, 1.54) is 0 Å². The van der Waals surface area contributed by atoms with Crippen molar-refractivity contribution in [2.45, 2.75) is 37.3 Å². The highest BCUT2D eigenvalue weighted by atomic mass is 19.3. The maximum absolute atomic E-state index is 13.7. The minimum absolute atomic E-state index is 0.250. The quantitative estimate of drug-likeness (QED) is 0.472. The molecule has 2 aliphatic heterocycles. The fourth-order valence-corrected chi connectivity index (χ4v) is 2.53. The summed E-state index contributed by atoms with van der Waals surface area (Å²) in [7, 11) is 0. The first-order valence-corrected chi connectivity index (χ1v) is 6.83. The number of aliphatic hydroxyl groups excluding tert-OH is 3. The van der Waals surface area contributed by atoms with Gasteiger partial charge in [0, 0.05) is 0 Å². The van der Waals surface area contributed by atoms with Gasteiger partial charge in [-0.3, -0.25) is 15.8 Å². The predicted molar refractivity (Wildman–Crippen MR) is 76.8 cm³/mol. The van der Waals surface area contributed by atoms with E-state index < -0.39 is 48.6 Å². The minimum atomic E-state index is -3.29. The molecule has 0 unspecified atom stereocenters. The Hall–Kier alpha value is -1.95. The maximum atomic E-state index is 13.7. The number of nitrogens with one attached hydrogen (secondary N) is 2. The molecule has 2 rings (SSSR count). The van der Waals surface area contributed by atoms with Crippen molar-refractivity contribution in [1.82, 2.24) is 10.4 Å². The molecule has 1 saturated heterocycles. The van der Waals surface area contributed by atoms with Crippen molar-refractivity contribution in [3.05, 3.63) is 23.8 Å². The highest BCUT2D eigenvalue weighted by Crippen LogP contribution is 2.39. The molecule has 0 saturated carbocycles. The number of ether oxygens (including phenoxy) is 1. The lowest BCUT2D eigenvalue weighted by Gasteiger charge is -2.34. The van der Waals surface area contributed by atoms with Crippen LogP contribution in [0.2, 0.25) is 0 Å². The van der Waals surface area contributed by atoms with Crippen molar-refractivity contribution in [2.24, 2.45) is 4.99 Å². The molecule has 24 heavy (non-hydrogen) atoms. The topological polar surface area (TPSA) is 121 Å². The second-order valence-electron chi connectivity index (χ2n) is 5.33. The van der Waals surface area contributed by atoms with Gasteiger partial charge in [-0.25, -0.2) is 18.2 Å². The number of nitrogens with zero attached hydrogens (tertiary/aromatic N) is 2. The number of aliphatic imine (C=N–C) groups is 1. The molecule has 0 spiro atoms. The molecule has 0 aromatic carbocycles. The average Bonchev–Trinajstić information content (AvgIpc) is 2.79. The van der Waals surface area contributed by atoms with E-state index in [4.69, 9.17) is 10.1 Å². The average molecular weight is 350 g/mol. The summed E-state index contributed by atoms with van der Waals surface area (Å²) in [5.41, 5.74) is -0.852. The van der Waals surface area contributed by atoms with E-state index in [1.807, 2.05) is 0 Å². The van der Waals surface area contributed by atoms with Crippen LogP contribution in [-0.4, -0.2) is 69.4 Å². The van der Waals surface area contributed by atoms with Crippen LogP contribution >= 0.6 is 0 Å². The van der Waals surface area contributed by atoms with Gasteiger partial charge in [-0.1, -0.05) is 6.58 Å². The van der Waals surface area contributed by atoms with Crippen LogP contribution in [0.15, 0.2) is 28.8 Å². The van der Waals surface area contributed by atoms with Crippen molar-refractivity contribution in [1.29, 1.82) is 5.41 Å². The monoisotopic (exact) mass is 350 g/mol. The van der Waals surface area contributed by atoms with Gasteiger partial charge >= 0.3 is 0 Å². The van der Waals surface area contributed by atoms with Crippen molar-refractivity contribution in [3.63, 3.8) is 0 Å². The number of hydrogen-bond acceptors (Lipinski definition) is 7. The van der Waals surface area contributed by atoms with E-state index in [0.29, 0.717) is 0 Å². The zero-order valence-corrected chi connectivity index (χ0v) is 12.6. The summed E-state index contributed by atoms with van der Waals surface area (Å²) < 4.78 is 45.2. The molecule has 2 heterocycles. The summed E-state index contributed by atoms with van der Waals surface area (Å²) in [4.78, 5) is 3.55. The van der Waals surface area contributed by atoms with Gasteiger partial charge in [0.1, 0.15) is 36.2 Å². The van der Waals surface area contributed by atoms with Crippen LogP contribution < -0.4 is 5.43 Å². The van der Waals surface area contributed by atoms with E-state index >= 15 is 0 Å². The Balaban J connectivity index is 2.35. The lowest BCUT2D eigenvalue weighted by atomic mass is 9.95. The first kappa shape index (κ1) is 18.4. The molecule has 0 aliphatic carbocycles. The molecule has 2 aliphatic rings. The standard InChI is InChI=1S/C13H17F3N4O4/c1-5(14)7-11(17)18-4-19-20(7)6(2)9-8(22)10(23)13(3-21,24-9)12(15)16/h4,8-10,12,21-23H,2-3H2,1H3,(H2,17,18,19)/b7-5+/t8-,9-,10-,13+/m0/s1. The molecular weight excluding hydrogens is 333 g/mol. The molecule has 0 radical (unpaired) electrons. The molecule has 134 valence electrons. The minimum Gasteiger partial charge on any atom is -0.393 e. The molecule has 0 bridgehead atoms. The summed E-state index contributed by atoms with van der Waals surface area (Å²) in [5, 5.41) is 37.6. The molecular formula is C13H17F3N4O4. The van der Waals surface area contributed by atoms with Gasteiger partial charge < -0.3 is 20.1 Å². The molecule has 0 amide bonds. The maximum Gasteiger partial charge on any atom is 0.272 e. The Kier molecular flexibility index (Phi) is 4.99. The van der Waals surface area contributed by atoms with E-state index in [-0.39, 0.29) is 11.4 Å². The summed E-state index contributed by atoms with van der Waals surface area (Å²) >= 11 is 0. The first-order chi connectivity index (χ1) is 11.2. The van der Waals surface area contributed by atoms with Crippen LogP contribution in [0.5, 0.6) is 0 Å². The fourth-order valence-electron chi connectivity index (χ4n) is 2.53. The molecule has 11 heteroatoms. The molecule has 8 nitrogen and oxygen atoms in total. The molecule has 4 atom stereocenters. The number of amidine groups is 1. The number of hydrogen-bond donors (Lipinski definition) is 5. The Morgan fingerprint density at radius 1 is 1.58 bits per heavy atom. The highest BCUT2D eigenvalue weighted by molar-refractivity contribution is 6.02. The van der Waals surface area contributed by atoms with Gasteiger partial charge in [0.2, 0.25) is 0 Å². The van der Waals surface area contributed by atoms with Crippen LogP contribution in [0.4, 0.5) is 13.2 Å². The Labute approximate surface area is 135 Å².